The number of carbonyl (C=O) groups excluding carboxylic acids is 3. The first-order valence-electron chi connectivity index (χ1n) is 19.4. The smallest absolute Gasteiger partial charge is 0.408 e. The van der Waals surface area contributed by atoms with E-state index in [4.69, 9.17) is 26.9 Å². The zero-order chi connectivity index (χ0) is 44.9. The molecule has 0 aliphatic carbocycles. The van der Waals surface area contributed by atoms with Gasteiger partial charge in [0.2, 0.25) is 5.60 Å². The summed E-state index contributed by atoms with van der Waals surface area (Å²) in [6, 6.07) is 28.1. The molecule has 2 aliphatic rings. The maximum atomic E-state index is 14.4. The number of nitrogens with two attached hydrogens (primary N) is 1. The fourth-order valence-corrected chi connectivity index (χ4v) is 10.2. The Bertz CT molecular complexity index is 2570. The van der Waals surface area contributed by atoms with Crippen LogP contribution < -0.4 is 16.4 Å². The molecular weight excluding hydrogens is 882 g/mol. The second-order valence-corrected chi connectivity index (χ2v) is 18.9. The lowest BCUT2D eigenvalue weighted by Gasteiger charge is -2.49. The standard InChI is InChI=1S/C45H40ClN7O7S3/c1-26(49-43(58)59-44(2,3)4)20-21-27-24-48-23-22-31(27)62-32-25-61-40-35(39(55)53(40)36(32)41(56)57)50-38(54)34(33-37(46)63-42(47)51-33)52-60-45(28-14-8-5-9-15-28,29-16-10-6-11-17-29)30-18-12-7-13-19-30/h5-19,22-24,26,35,40H,25H2,1-4H3,(H2,47,51)(H,49,58)(H,50,54)(H,56,57)/t26?,35-,40+/m1/s1. The highest BCUT2D eigenvalue weighted by molar-refractivity contribution is 8.06. The van der Waals surface area contributed by atoms with Gasteiger partial charge in [-0.15, -0.1) is 11.8 Å². The summed E-state index contributed by atoms with van der Waals surface area (Å²) < 4.78 is 5.37. The maximum Gasteiger partial charge on any atom is 0.408 e. The number of thioether (sulfide) groups is 2. The van der Waals surface area contributed by atoms with Crippen LogP contribution in [0.3, 0.4) is 0 Å². The lowest BCUT2D eigenvalue weighted by molar-refractivity contribution is -0.150. The number of halogens is 1. The summed E-state index contributed by atoms with van der Waals surface area (Å²) >= 11 is 9.96. The Labute approximate surface area is 380 Å². The Morgan fingerprint density at radius 3 is 2.14 bits per heavy atom. The van der Waals surface area contributed by atoms with Crippen LogP contribution in [0.15, 0.2) is 130 Å². The van der Waals surface area contributed by atoms with Gasteiger partial charge in [0.15, 0.2) is 10.8 Å². The van der Waals surface area contributed by atoms with E-state index in [0.29, 0.717) is 32.1 Å². The number of amides is 3. The van der Waals surface area contributed by atoms with Crippen LogP contribution in [-0.4, -0.2) is 78.4 Å². The molecule has 2 aromatic heterocycles. The van der Waals surface area contributed by atoms with Crippen LogP contribution in [0.25, 0.3) is 0 Å². The predicted octanol–water partition coefficient (Wildman–Crippen LogP) is 7.24. The second kappa shape index (κ2) is 19.0. The van der Waals surface area contributed by atoms with Crippen molar-refractivity contribution in [3.63, 3.8) is 0 Å². The van der Waals surface area contributed by atoms with Crippen molar-refractivity contribution in [3.8, 4) is 11.8 Å². The van der Waals surface area contributed by atoms with Crippen LogP contribution >= 0.6 is 46.5 Å². The number of carbonyl (C=O) groups is 4. The molecule has 0 bridgehead atoms. The number of nitrogen functional groups attached to an aromatic ring is 1. The summed E-state index contributed by atoms with van der Waals surface area (Å²) in [7, 11) is 0. The van der Waals surface area contributed by atoms with Crippen molar-refractivity contribution >= 4 is 81.2 Å². The first-order chi connectivity index (χ1) is 30.2. The number of aliphatic carboxylic acids is 1. The number of nitrogens with zero attached hydrogens (tertiary/aromatic N) is 4. The molecule has 14 nitrogen and oxygen atoms in total. The van der Waals surface area contributed by atoms with Crippen LogP contribution in [0, 0.1) is 11.8 Å². The van der Waals surface area contributed by atoms with Crippen LogP contribution in [-0.2, 0) is 29.6 Å². The summed E-state index contributed by atoms with van der Waals surface area (Å²) in [5.41, 5.74) is 5.95. The van der Waals surface area contributed by atoms with Crippen molar-refractivity contribution < 1.29 is 33.9 Å². The average molecular weight is 923 g/mol. The molecule has 0 radical (unpaired) electrons. The number of ether oxygens (including phenoxy) is 1. The van der Waals surface area contributed by atoms with Crippen molar-refractivity contribution in [1.82, 2.24) is 25.5 Å². The molecule has 4 heterocycles. The number of anilines is 1. The predicted molar refractivity (Wildman–Crippen MR) is 244 cm³/mol. The van der Waals surface area contributed by atoms with Gasteiger partial charge >= 0.3 is 12.1 Å². The van der Waals surface area contributed by atoms with Crippen molar-refractivity contribution in [2.75, 3.05) is 11.5 Å². The van der Waals surface area contributed by atoms with E-state index in [9.17, 15) is 24.3 Å². The fourth-order valence-electron chi connectivity index (χ4n) is 6.73. The number of β-lactam (4-membered cyclic amide) rings is 1. The third kappa shape index (κ3) is 9.84. The van der Waals surface area contributed by atoms with E-state index in [1.54, 1.807) is 40.0 Å². The normalized spacial score (nSPS) is 16.7. The fraction of sp³-hybridized carbons (Fsp3) is 0.222. The molecule has 3 amide bonds. The van der Waals surface area contributed by atoms with E-state index in [1.165, 1.54) is 18.0 Å². The number of hydrogen-bond donors (Lipinski definition) is 4. The Morgan fingerprint density at radius 1 is 1.00 bits per heavy atom. The van der Waals surface area contributed by atoms with E-state index in [-0.39, 0.29) is 32.3 Å². The SMILES string of the molecule is CC(C#Cc1cnccc1SC1=C(C(=O)O)N2C(=O)[C@@H](NC(=O)C(=NOC(c3ccccc3)(c3ccccc3)c3ccccc3)c3nc(N)sc3Cl)[C@@H]2SC1)NC(=O)OC(C)(C)C. The molecule has 18 heteroatoms. The van der Waals surface area contributed by atoms with Gasteiger partial charge in [0.05, 0.1) is 11.6 Å². The van der Waals surface area contributed by atoms with Crippen molar-refractivity contribution in [1.29, 1.82) is 0 Å². The summed E-state index contributed by atoms with van der Waals surface area (Å²) in [6.45, 7) is 6.97. The van der Waals surface area contributed by atoms with E-state index in [1.807, 2.05) is 91.0 Å². The Balaban J connectivity index is 1.17. The first kappa shape index (κ1) is 44.7. The average Bonchev–Trinajstić information content (AvgIpc) is 3.60. The molecule has 0 saturated carbocycles. The van der Waals surface area contributed by atoms with E-state index >= 15 is 0 Å². The Hall–Kier alpha value is -6.32. The van der Waals surface area contributed by atoms with Gasteiger partial charge in [-0.1, -0.05) is 143 Å². The van der Waals surface area contributed by atoms with Gasteiger partial charge in [-0.25, -0.2) is 14.6 Å². The molecule has 1 unspecified atom stereocenters. The number of oxime groups is 1. The van der Waals surface area contributed by atoms with Gasteiger partial charge < -0.3 is 31.0 Å². The van der Waals surface area contributed by atoms with Crippen LogP contribution in [0.1, 0.15) is 55.6 Å². The molecule has 5 N–H and O–H groups in total. The number of nitrogens with one attached hydrogen (secondary N) is 2. The summed E-state index contributed by atoms with van der Waals surface area (Å²) in [6.07, 6.45) is 2.46. The third-order valence-electron chi connectivity index (χ3n) is 9.45. The number of aromatic nitrogens is 2. The molecular formula is C45H40ClN7O7S3. The van der Waals surface area contributed by atoms with E-state index < -0.39 is 52.5 Å². The van der Waals surface area contributed by atoms with Gasteiger partial charge in [-0.05, 0) is 33.8 Å². The molecule has 1 saturated heterocycles. The third-order valence-corrected chi connectivity index (χ3v) is 13.2. The number of carboxylic acids is 1. The van der Waals surface area contributed by atoms with Crippen LogP contribution in [0.2, 0.25) is 4.34 Å². The minimum Gasteiger partial charge on any atom is -0.477 e. The number of rotatable bonds is 12. The zero-order valence-electron chi connectivity index (χ0n) is 34.2. The monoisotopic (exact) mass is 921 g/mol. The quantitative estimate of drug-likeness (QED) is 0.0322. The van der Waals surface area contributed by atoms with Gasteiger partial charge in [-0.3, -0.25) is 19.5 Å². The molecule has 322 valence electrons. The molecule has 0 spiro atoms. The molecule has 2 aliphatic heterocycles. The minimum atomic E-state index is -1.38. The summed E-state index contributed by atoms with van der Waals surface area (Å²) in [5.74, 6) is 3.34. The zero-order valence-corrected chi connectivity index (χ0v) is 37.4. The molecule has 3 aromatic carbocycles. The number of thiazole rings is 1. The first-order valence-corrected chi connectivity index (χ1v) is 22.4. The highest BCUT2D eigenvalue weighted by Gasteiger charge is 2.55. The number of benzene rings is 3. The second-order valence-electron chi connectivity index (χ2n) is 15.0. The highest BCUT2D eigenvalue weighted by atomic mass is 35.5. The maximum absolute atomic E-state index is 14.4. The van der Waals surface area contributed by atoms with Crippen molar-refractivity contribution in [2.45, 2.75) is 61.3 Å². The molecule has 3 atom stereocenters. The van der Waals surface area contributed by atoms with Gasteiger partial charge in [0.25, 0.3) is 11.8 Å². The lowest BCUT2D eigenvalue weighted by atomic mass is 9.80. The van der Waals surface area contributed by atoms with Crippen LogP contribution in [0.5, 0.6) is 0 Å². The number of alkyl carbamates (subject to hydrolysis) is 1. The molecule has 63 heavy (non-hydrogen) atoms. The van der Waals surface area contributed by atoms with Crippen LogP contribution in [0.4, 0.5) is 9.93 Å². The molecule has 1 fully saturated rings. The minimum absolute atomic E-state index is 0.0595. The Kier molecular flexibility index (Phi) is 13.5. The number of carboxylic acid groups (broad SMARTS) is 1. The summed E-state index contributed by atoms with van der Waals surface area (Å²) in [5, 5.41) is 19.7. The number of fused-ring (bicyclic) bond motifs is 1. The van der Waals surface area contributed by atoms with Crippen molar-refractivity contribution in [3.05, 3.63) is 152 Å². The van der Waals surface area contributed by atoms with E-state index in [2.05, 4.69) is 37.6 Å². The lowest BCUT2D eigenvalue weighted by Crippen LogP contribution is -2.71. The highest BCUT2D eigenvalue weighted by Crippen LogP contribution is 2.46. The number of hydrogen-bond acceptors (Lipinski definition) is 13. The van der Waals surface area contributed by atoms with Gasteiger partial charge in [-0.2, -0.15) is 0 Å². The van der Waals surface area contributed by atoms with E-state index in [0.717, 1.165) is 28.0 Å². The summed E-state index contributed by atoms with van der Waals surface area (Å²) in [4.78, 5) is 70.7. The molecule has 7 rings (SSSR count). The number of pyridine rings is 1. The van der Waals surface area contributed by atoms with Crippen molar-refractivity contribution in [2.24, 2.45) is 5.16 Å². The topological polar surface area (TPSA) is 198 Å². The largest absolute Gasteiger partial charge is 0.477 e. The van der Waals surface area contributed by atoms with Gasteiger partial charge in [0.1, 0.15) is 32.7 Å². The molecule has 5 aromatic rings. The Morgan fingerprint density at radius 2 is 1.60 bits per heavy atom. The van der Waals surface area contributed by atoms with Gasteiger partial charge in [0, 0.05) is 44.6 Å².